The van der Waals surface area contributed by atoms with Gasteiger partial charge < -0.3 is 4.90 Å². The van der Waals surface area contributed by atoms with Crippen LogP contribution in [0.15, 0.2) is 6.33 Å². The van der Waals surface area contributed by atoms with E-state index < -0.39 is 0 Å². The molecule has 0 bridgehead atoms. The second kappa shape index (κ2) is 6.84. The number of piperazine rings is 1. The van der Waals surface area contributed by atoms with Crippen molar-refractivity contribution in [3.05, 3.63) is 16.8 Å². The maximum absolute atomic E-state index is 4.75. The number of anilines is 1. The van der Waals surface area contributed by atoms with E-state index in [4.69, 9.17) is 4.98 Å². The van der Waals surface area contributed by atoms with Gasteiger partial charge in [-0.25, -0.2) is 9.97 Å². The molecule has 0 aromatic carbocycles. The van der Waals surface area contributed by atoms with Crippen molar-refractivity contribution in [3.8, 4) is 0 Å². The number of aromatic nitrogens is 2. The van der Waals surface area contributed by atoms with Crippen molar-refractivity contribution in [2.75, 3.05) is 31.1 Å². The van der Waals surface area contributed by atoms with Gasteiger partial charge in [0, 0.05) is 37.1 Å². The second-order valence-corrected chi connectivity index (χ2v) is 8.99. The largest absolute Gasteiger partial charge is 0.353 e. The molecular weight excluding hydrogens is 328 g/mol. The Morgan fingerprint density at radius 3 is 2.52 bits per heavy atom. The molecule has 2 aliphatic carbocycles. The standard InChI is InChI=1S/C20H28N4S/c1-2-6-15(7-3-1)23-10-12-24(13-11-23)19-18-16-8-4-5-9-17(16)25-20(18)22-14-21-19/h14-15H,1-13H2. The van der Waals surface area contributed by atoms with Gasteiger partial charge in [0.2, 0.25) is 0 Å². The van der Waals surface area contributed by atoms with Crippen LogP contribution < -0.4 is 4.90 Å². The van der Waals surface area contributed by atoms with Gasteiger partial charge >= 0.3 is 0 Å². The maximum atomic E-state index is 4.75. The third kappa shape index (κ3) is 2.95. The summed E-state index contributed by atoms with van der Waals surface area (Å²) in [6, 6.07) is 0.843. The molecule has 3 heterocycles. The van der Waals surface area contributed by atoms with Crippen molar-refractivity contribution in [2.24, 2.45) is 0 Å². The highest BCUT2D eigenvalue weighted by molar-refractivity contribution is 7.19. The third-order valence-electron chi connectivity index (χ3n) is 6.44. The summed E-state index contributed by atoms with van der Waals surface area (Å²) in [6.45, 7) is 4.63. The molecule has 0 radical (unpaired) electrons. The second-order valence-electron chi connectivity index (χ2n) is 7.90. The Morgan fingerprint density at radius 1 is 0.880 bits per heavy atom. The predicted molar refractivity (Wildman–Crippen MR) is 105 cm³/mol. The van der Waals surface area contributed by atoms with Crippen molar-refractivity contribution >= 4 is 27.4 Å². The number of nitrogens with zero attached hydrogens (tertiary/aromatic N) is 4. The lowest BCUT2D eigenvalue weighted by molar-refractivity contribution is 0.148. The van der Waals surface area contributed by atoms with Crippen LogP contribution in [-0.4, -0.2) is 47.1 Å². The van der Waals surface area contributed by atoms with E-state index in [1.54, 1.807) is 16.8 Å². The normalized spacial score (nSPS) is 23.1. The molecule has 1 saturated heterocycles. The molecule has 4 nitrogen and oxygen atoms in total. The Hall–Kier alpha value is -1.20. The molecule has 3 aliphatic rings. The van der Waals surface area contributed by atoms with Crippen LogP contribution in [0, 0.1) is 0 Å². The van der Waals surface area contributed by atoms with Gasteiger partial charge in [-0.15, -0.1) is 11.3 Å². The molecule has 0 spiro atoms. The molecule has 1 aliphatic heterocycles. The number of hydrogen-bond donors (Lipinski definition) is 0. The molecule has 2 aromatic heterocycles. The summed E-state index contributed by atoms with van der Waals surface area (Å²) in [5, 5.41) is 1.38. The first kappa shape index (κ1) is 16.0. The summed E-state index contributed by atoms with van der Waals surface area (Å²) in [7, 11) is 0. The third-order valence-corrected chi connectivity index (χ3v) is 7.64. The summed E-state index contributed by atoms with van der Waals surface area (Å²) in [5.74, 6) is 1.22. The van der Waals surface area contributed by atoms with E-state index in [2.05, 4.69) is 14.8 Å². The molecular formula is C20H28N4S. The highest BCUT2D eigenvalue weighted by Crippen LogP contribution is 2.39. The SMILES string of the molecule is c1nc(N2CCN(C3CCCCC3)CC2)c2c3c(sc2n1)CCCC3. The molecule has 5 heteroatoms. The van der Waals surface area contributed by atoms with Gasteiger partial charge in [-0.1, -0.05) is 19.3 Å². The molecule has 1 saturated carbocycles. The van der Waals surface area contributed by atoms with Crippen molar-refractivity contribution in [1.82, 2.24) is 14.9 Å². The zero-order valence-corrected chi connectivity index (χ0v) is 15.9. The number of thiophene rings is 1. The van der Waals surface area contributed by atoms with Crippen LogP contribution >= 0.6 is 11.3 Å². The van der Waals surface area contributed by atoms with E-state index in [0.29, 0.717) is 0 Å². The average Bonchev–Trinajstić information content (AvgIpc) is 3.08. The van der Waals surface area contributed by atoms with E-state index in [9.17, 15) is 0 Å². The average molecular weight is 357 g/mol. The zero-order chi connectivity index (χ0) is 16.6. The van der Waals surface area contributed by atoms with Gasteiger partial charge in [0.1, 0.15) is 17.0 Å². The first-order chi connectivity index (χ1) is 12.4. The Kier molecular flexibility index (Phi) is 4.38. The summed E-state index contributed by atoms with van der Waals surface area (Å²) in [6.07, 6.45) is 14.0. The molecule has 0 N–H and O–H groups in total. The van der Waals surface area contributed by atoms with Crippen LogP contribution in [0.4, 0.5) is 5.82 Å². The Labute approximate surface area is 154 Å². The van der Waals surface area contributed by atoms with E-state index in [-0.39, 0.29) is 0 Å². The van der Waals surface area contributed by atoms with Crippen LogP contribution in [0.1, 0.15) is 55.4 Å². The summed E-state index contributed by atoms with van der Waals surface area (Å²) < 4.78 is 0. The molecule has 2 aromatic rings. The minimum absolute atomic E-state index is 0.843. The van der Waals surface area contributed by atoms with Gasteiger partial charge in [0.15, 0.2) is 0 Å². The van der Waals surface area contributed by atoms with Crippen molar-refractivity contribution in [1.29, 1.82) is 0 Å². The summed E-state index contributed by atoms with van der Waals surface area (Å²) >= 11 is 1.91. The molecule has 5 rings (SSSR count). The van der Waals surface area contributed by atoms with Gasteiger partial charge in [-0.2, -0.15) is 0 Å². The van der Waals surface area contributed by atoms with Crippen LogP contribution in [0.5, 0.6) is 0 Å². The minimum Gasteiger partial charge on any atom is -0.353 e. The van der Waals surface area contributed by atoms with Gasteiger partial charge in [-0.05, 0) is 44.1 Å². The topological polar surface area (TPSA) is 32.3 Å². The molecule has 2 fully saturated rings. The Morgan fingerprint density at radius 2 is 1.68 bits per heavy atom. The van der Waals surface area contributed by atoms with E-state index >= 15 is 0 Å². The van der Waals surface area contributed by atoms with Crippen molar-refractivity contribution in [2.45, 2.75) is 63.8 Å². The highest BCUT2D eigenvalue weighted by atomic mass is 32.1. The zero-order valence-electron chi connectivity index (χ0n) is 15.0. The highest BCUT2D eigenvalue weighted by Gasteiger charge is 2.28. The molecule has 0 amide bonds. The Bertz CT molecular complexity index is 741. The molecule has 134 valence electrons. The lowest BCUT2D eigenvalue weighted by Gasteiger charge is -2.41. The van der Waals surface area contributed by atoms with E-state index in [0.717, 1.165) is 19.1 Å². The summed E-state index contributed by atoms with van der Waals surface area (Å²) in [5.41, 5.74) is 1.57. The smallest absolute Gasteiger partial charge is 0.141 e. The van der Waals surface area contributed by atoms with E-state index in [1.165, 1.54) is 86.9 Å². The molecule has 25 heavy (non-hydrogen) atoms. The quantitative estimate of drug-likeness (QED) is 0.813. The predicted octanol–water partition coefficient (Wildman–Crippen LogP) is 4.02. The van der Waals surface area contributed by atoms with Crippen LogP contribution in [-0.2, 0) is 12.8 Å². The van der Waals surface area contributed by atoms with Crippen LogP contribution in [0.25, 0.3) is 10.2 Å². The minimum atomic E-state index is 0.843. The van der Waals surface area contributed by atoms with Gasteiger partial charge in [0.05, 0.1) is 5.39 Å². The van der Waals surface area contributed by atoms with Gasteiger partial charge in [-0.3, -0.25) is 4.90 Å². The number of aryl methyl sites for hydroxylation is 2. The monoisotopic (exact) mass is 356 g/mol. The number of hydrogen-bond acceptors (Lipinski definition) is 5. The van der Waals surface area contributed by atoms with Crippen LogP contribution in [0.2, 0.25) is 0 Å². The number of rotatable bonds is 2. The van der Waals surface area contributed by atoms with E-state index in [1.807, 2.05) is 11.3 Å². The van der Waals surface area contributed by atoms with Crippen molar-refractivity contribution in [3.63, 3.8) is 0 Å². The lowest BCUT2D eigenvalue weighted by Crippen LogP contribution is -2.51. The number of fused-ring (bicyclic) bond motifs is 3. The fourth-order valence-electron chi connectivity index (χ4n) is 5.06. The first-order valence-corrected chi connectivity index (χ1v) is 11.0. The van der Waals surface area contributed by atoms with Crippen LogP contribution in [0.3, 0.4) is 0 Å². The first-order valence-electron chi connectivity index (χ1n) is 10.1. The van der Waals surface area contributed by atoms with Gasteiger partial charge in [0.25, 0.3) is 0 Å². The fourth-order valence-corrected chi connectivity index (χ4v) is 6.28. The fraction of sp³-hybridized carbons (Fsp3) is 0.700. The Balaban J connectivity index is 1.38. The summed E-state index contributed by atoms with van der Waals surface area (Å²) in [4.78, 5) is 17.4. The molecule has 0 atom stereocenters. The van der Waals surface area contributed by atoms with Crippen molar-refractivity contribution < 1.29 is 0 Å². The molecule has 0 unspecified atom stereocenters. The maximum Gasteiger partial charge on any atom is 0.141 e. The lowest BCUT2D eigenvalue weighted by atomic mass is 9.93.